The Balaban J connectivity index is 1.79. The van der Waals surface area contributed by atoms with Crippen molar-refractivity contribution in [3.05, 3.63) is 22.4 Å². The number of amides is 1. The van der Waals surface area contributed by atoms with Gasteiger partial charge in [0.1, 0.15) is 6.17 Å². The molecule has 2 heterocycles. The van der Waals surface area contributed by atoms with Crippen molar-refractivity contribution in [2.45, 2.75) is 57.8 Å². The molecule has 1 aromatic rings. The third-order valence-electron chi connectivity index (χ3n) is 4.27. The molecule has 0 spiro atoms. The van der Waals surface area contributed by atoms with Gasteiger partial charge >= 0.3 is 0 Å². The summed E-state index contributed by atoms with van der Waals surface area (Å²) in [6.45, 7) is 4.42. The highest BCUT2D eigenvalue weighted by Gasteiger charge is 2.50. The zero-order chi connectivity index (χ0) is 13.4. The summed E-state index contributed by atoms with van der Waals surface area (Å²) in [7, 11) is 0. The van der Waals surface area contributed by atoms with Gasteiger partial charge in [0.05, 0.1) is 6.04 Å². The highest BCUT2D eigenvalue weighted by Crippen LogP contribution is 2.43. The van der Waals surface area contributed by atoms with Crippen LogP contribution in [0.2, 0.25) is 0 Å². The van der Waals surface area contributed by atoms with Crippen molar-refractivity contribution in [3.63, 3.8) is 0 Å². The van der Waals surface area contributed by atoms with Crippen molar-refractivity contribution < 1.29 is 4.79 Å². The van der Waals surface area contributed by atoms with E-state index in [4.69, 9.17) is 0 Å². The minimum absolute atomic E-state index is 0.0276. The average molecular weight is 278 g/mol. The van der Waals surface area contributed by atoms with Crippen LogP contribution in [0.5, 0.6) is 0 Å². The van der Waals surface area contributed by atoms with Crippen LogP contribution in [-0.4, -0.2) is 22.9 Å². The molecule has 0 aromatic carbocycles. The molecule has 1 amide bonds. The zero-order valence-electron chi connectivity index (χ0n) is 11.6. The average Bonchev–Trinajstić information content (AvgIpc) is 2.84. The summed E-state index contributed by atoms with van der Waals surface area (Å²) in [5.74, 6) is 0.985. The fraction of sp³-hybridized carbons (Fsp3) is 0.667. The van der Waals surface area contributed by atoms with E-state index in [-0.39, 0.29) is 12.2 Å². The molecule has 2 aliphatic rings. The molecular weight excluding hydrogens is 256 g/mol. The number of hydrogen-bond donors (Lipinski definition) is 1. The maximum Gasteiger partial charge on any atom is 0.241 e. The number of unbranched alkanes of at least 4 members (excludes halogenated alkanes) is 1. The van der Waals surface area contributed by atoms with E-state index in [0.717, 1.165) is 25.7 Å². The van der Waals surface area contributed by atoms with E-state index in [0.29, 0.717) is 17.9 Å². The molecule has 1 aliphatic heterocycles. The molecule has 4 unspecified atom stereocenters. The summed E-state index contributed by atoms with van der Waals surface area (Å²) < 4.78 is 0. The van der Waals surface area contributed by atoms with Crippen LogP contribution in [0, 0.1) is 5.92 Å². The number of carbonyl (C=O) groups excluding carboxylic acids is 1. The van der Waals surface area contributed by atoms with Gasteiger partial charge in [-0.1, -0.05) is 32.8 Å². The number of thiophene rings is 1. The smallest absolute Gasteiger partial charge is 0.241 e. The number of nitrogens with one attached hydrogen (secondary N) is 1. The fourth-order valence-electron chi connectivity index (χ4n) is 2.98. The summed E-state index contributed by atoms with van der Waals surface area (Å²) >= 11 is 1.74. The van der Waals surface area contributed by atoms with Gasteiger partial charge in [-0.3, -0.25) is 10.1 Å². The normalized spacial score (nSPS) is 34.0. The van der Waals surface area contributed by atoms with Gasteiger partial charge in [-0.15, -0.1) is 11.3 Å². The number of rotatable bonds is 5. The molecular formula is C15H22N2OS. The molecule has 3 nitrogen and oxygen atoms in total. The first kappa shape index (κ1) is 13.1. The second-order valence-corrected chi connectivity index (χ2v) is 6.78. The van der Waals surface area contributed by atoms with Gasteiger partial charge < -0.3 is 4.90 Å². The van der Waals surface area contributed by atoms with Crippen molar-refractivity contribution in [2.75, 3.05) is 0 Å². The third-order valence-corrected chi connectivity index (χ3v) is 5.20. The van der Waals surface area contributed by atoms with E-state index < -0.39 is 0 Å². The van der Waals surface area contributed by atoms with Gasteiger partial charge in [-0.25, -0.2) is 0 Å². The second-order valence-electron chi connectivity index (χ2n) is 5.81. The van der Waals surface area contributed by atoms with Gasteiger partial charge in [-0.2, -0.15) is 0 Å². The summed E-state index contributed by atoms with van der Waals surface area (Å²) in [5, 5.41) is 5.65. The molecule has 1 saturated heterocycles. The molecule has 0 radical (unpaired) electrons. The van der Waals surface area contributed by atoms with Crippen LogP contribution in [0.4, 0.5) is 0 Å². The molecule has 1 aliphatic carbocycles. The molecule has 1 aromatic heterocycles. The maximum atomic E-state index is 12.6. The van der Waals surface area contributed by atoms with Gasteiger partial charge in [0.2, 0.25) is 5.91 Å². The largest absolute Gasteiger partial charge is 0.317 e. The predicted molar refractivity (Wildman–Crippen MR) is 77.9 cm³/mol. The highest BCUT2D eigenvalue weighted by atomic mass is 32.1. The van der Waals surface area contributed by atoms with E-state index in [9.17, 15) is 4.79 Å². The lowest BCUT2D eigenvalue weighted by Gasteiger charge is -2.23. The Bertz CT molecular complexity index is 445. The third kappa shape index (κ3) is 2.43. The summed E-state index contributed by atoms with van der Waals surface area (Å²) in [5.41, 5.74) is 0. The Kier molecular flexibility index (Phi) is 3.63. The summed E-state index contributed by atoms with van der Waals surface area (Å²) in [4.78, 5) is 16.0. The molecule has 4 heteroatoms. The van der Waals surface area contributed by atoms with Gasteiger partial charge in [-0.05, 0) is 30.2 Å². The summed E-state index contributed by atoms with van der Waals surface area (Å²) in [6.07, 6.45) is 4.51. The lowest BCUT2D eigenvalue weighted by molar-refractivity contribution is -0.130. The van der Waals surface area contributed by atoms with Gasteiger partial charge in [0.15, 0.2) is 0 Å². The lowest BCUT2D eigenvalue weighted by Crippen LogP contribution is -2.33. The van der Waals surface area contributed by atoms with Crippen molar-refractivity contribution in [3.8, 4) is 0 Å². The molecule has 1 N–H and O–H groups in total. The van der Waals surface area contributed by atoms with Crippen molar-refractivity contribution >= 4 is 17.2 Å². The standard InChI is InChI=1S/C15H22N2OS/c1-3-4-6-11-15(18)17(12-9-10(12)2)14(16-11)13-7-5-8-19-13/h5,7-8,10-12,14,16H,3-4,6,9H2,1-2H3. The van der Waals surface area contributed by atoms with E-state index >= 15 is 0 Å². The first-order chi connectivity index (χ1) is 9.22. The molecule has 4 atom stereocenters. The van der Waals surface area contributed by atoms with Crippen LogP contribution in [-0.2, 0) is 4.79 Å². The minimum atomic E-state index is 0.0276. The van der Waals surface area contributed by atoms with Crippen molar-refractivity contribution in [1.29, 1.82) is 0 Å². The van der Waals surface area contributed by atoms with E-state index in [1.807, 2.05) is 0 Å². The van der Waals surface area contributed by atoms with Crippen LogP contribution in [0.3, 0.4) is 0 Å². The molecule has 1 saturated carbocycles. The molecule has 19 heavy (non-hydrogen) atoms. The predicted octanol–water partition coefficient (Wildman–Crippen LogP) is 3.15. The van der Waals surface area contributed by atoms with Crippen LogP contribution in [0.25, 0.3) is 0 Å². The van der Waals surface area contributed by atoms with E-state index in [1.54, 1.807) is 11.3 Å². The Morgan fingerprint density at radius 2 is 2.32 bits per heavy atom. The zero-order valence-corrected chi connectivity index (χ0v) is 12.5. The first-order valence-electron chi connectivity index (χ1n) is 7.34. The number of hydrogen-bond acceptors (Lipinski definition) is 3. The number of carbonyl (C=O) groups is 1. The van der Waals surface area contributed by atoms with Crippen LogP contribution < -0.4 is 5.32 Å². The lowest BCUT2D eigenvalue weighted by atomic mass is 10.1. The Morgan fingerprint density at radius 1 is 1.53 bits per heavy atom. The van der Waals surface area contributed by atoms with E-state index in [2.05, 4.69) is 41.6 Å². The molecule has 0 bridgehead atoms. The quantitative estimate of drug-likeness (QED) is 0.897. The Hall–Kier alpha value is -0.870. The Morgan fingerprint density at radius 3 is 2.89 bits per heavy atom. The van der Waals surface area contributed by atoms with Gasteiger partial charge in [0, 0.05) is 10.9 Å². The van der Waals surface area contributed by atoms with E-state index in [1.165, 1.54) is 4.88 Å². The number of nitrogens with zero attached hydrogens (tertiary/aromatic N) is 1. The fourth-order valence-corrected chi connectivity index (χ4v) is 3.76. The monoisotopic (exact) mass is 278 g/mol. The van der Waals surface area contributed by atoms with Crippen LogP contribution in [0.15, 0.2) is 17.5 Å². The first-order valence-corrected chi connectivity index (χ1v) is 8.22. The maximum absolute atomic E-state index is 12.6. The Labute approximate surface area is 119 Å². The van der Waals surface area contributed by atoms with Gasteiger partial charge in [0.25, 0.3) is 0 Å². The van der Waals surface area contributed by atoms with Crippen LogP contribution >= 0.6 is 11.3 Å². The van der Waals surface area contributed by atoms with Crippen LogP contribution in [0.1, 0.15) is 50.6 Å². The topological polar surface area (TPSA) is 32.3 Å². The minimum Gasteiger partial charge on any atom is -0.317 e. The van der Waals surface area contributed by atoms with Crippen molar-refractivity contribution in [2.24, 2.45) is 5.92 Å². The molecule has 3 rings (SSSR count). The SMILES string of the molecule is CCCCC1NC(c2cccs2)N(C2CC2C)C1=O. The van der Waals surface area contributed by atoms with Crippen molar-refractivity contribution in [1.82, 2.24) is 10.2 Å². The molecule has 104 valence electrons. The molecule has 2 fully saturated rings. The highest BCUT2D eigenvalue weighted by molar-refractivity contribution is 7.10. The second kappa shape index (κ2) is 5.25. The summed E-state index contributed by atoms with van der Waals surface area (Å²) in [6, 6.07) is 4.69.